The van der Waals surface area contributed by atoms with Crippen LogP contribution >= 0.6 is 64.3 Å². The van der Waals surface area contributed by atoms with E-state index in [4.69, 9.17) is 45.0 Å². The van der Waals surface area contributed by atoms with Gasteiger partial charge in [-0.2, -0.15) is 13.5 Å². The molecule has 2 aliphatic rings. The molecule has 0 aromatic heterocycles. The van der Waals surface area contributed by atoms with Crippen LogP contribution in [-0.2, 0) is 6.54 Å². The Morgan fingerprint density at radius 1 is 1.04 bits per heavy atom. The lowest BCUT2D eigenvalue weighted by Crippen LogP contribution is -2.34. The number of hydrogen-bond acceptors (Lipinski definition) is 5. The quantitative estimate of drug-likeness (QED) is 0.470. The summed E-state index contributed by atoms with van der Waals surface area (Å²) in [7, 11) is -2.60. The first-order valence-corrected chi connectivity index (χ1v) is 15.3. The van der Waals surface area contributed by atoms with E-state index in [0.29, 0.717) is 6.54 Å². The molecule has 23 heavy (non-hydrogen) atoms. The SMILES string of the molecule is Fc1ccc(CN2CCCNP23=NP(Cl)(Cl)=NP(Cl)(Cl)=N3)cc1. The fourth-order valence-electron chi connectivity index (χ4n) is 2.37. The van der Waals surface area contributed by atoms with Gasteiger partial charge in [0.2, 0.25) is 7.51 Å². The normalized spacial score (nSPS) is 29.4. The van der Waals surface area contributed by atoms with Crippen LogP contribution in [0.25, 0.3) is 0 Å². The first kappa shape index (κ1) is 18.7. The molecule has 1 saturated heterocycles. The van der Waals surface area contributed by atoms with Crippen molar-refractivity contribution in [2.75, 3.05) is 13.1 Å². The molecular weight excluding hydrogens is 444 g/mol. The molecular formula is C10H13Cl4FN5P3. The highest BCUT2D eigenvalue weighted by atomic mass is 35.9. The van der Waals surface area contributed by atoms with E-state index in [1.807, 2.05) is 0 Å². The third-order valence-corrected chi connectivity index (χ3v) is 15.4. The number of hydrogen-bond donors (Lipinski definition) is 1. The van der Waals surface area contributed by atoms with Crippen molar-refractivity contribution in [1.29, 1.82) is 0 Å². The highest BCUT2D eigenvalue weighted by Gasteiger charge is 2.39. The molecule has 0 saturated carbocycles. The van der Waals surface area contributed by atoms with Crippen LogP contribution in [0.2, 0.25) is 0 Å². The van der Waals surface area contributed by atoms with Gasteiger partial charge in [0.05, 0.1) is 0 Å². The smallest absolute Gasteiger partial charge is 0.253 e. The minimum Gasteiger partial charge on any atom is -0.253 e. The Hall–Kier alpha value is 0.920. The van der Waals surface area contributed by atoms with Crippen LogP contribution in [0.5, 0.6) is 0 Å². The Labute approximate surface area is 153 Å². The summed E-state index contributed by atoms with van der Waals surface area (Å²) >= 11 is 24.9. The van der Waals surface area contributed by atoms with Gasteiger partial charge in [0, 0.05) is 19.6 Å². The van der Waals surface area contributed by atoms with Gasteiger partial charge in [0.15, 0.2) is 0 Å². The molecule has 1 N–H and O–H groups in total. The van der Waals surface area contributed by atoms with E-state index in [2.05, 4.69) is 23.3 Å². The lowest BCUT2D eigenvalue weighted by atomic mass is 10.2. The fourth-order valence-corrected chi connectivity index (χ4v) is 18.2. The molecule has 5 nitrogen and oxygen atoms in total. The van der Waals surface area contributed by atoms with Crippen LogP contribution in [0.4, 0.5) is 4.39 Å². The highest BCUT2D eigenvalue weighted by molar-refractivity contribution is 8.20. The first-order valence-electron chi connectivity index (χ1n) is 6.65. The Morgan fingerprint density at radius 2 is 1.70 bits per heavy atom. The van der Waals surface area contributed by atoms with Gasteiger partial charge in [-0.05, 0) is 69.1 Å². The standard InChI is InChI=1S/C10H13Cl4FN5P3/c11-21(12)17-22(13,14)19-23(18-21)16-6-1-7-20(23)8-9-2-4-10(15)5-3-9/h2-5,16H,1,6-8H2. The highest BCUT2D eigenvalue weighted by Crippen LogP contribution is 2.85. The average molecular weight is 457 g/mol. The molecule has 1 unspecified atom stereocenters. The lowest BCUT2D eigenvalue weighted by molar-refractivity contribution is 0.405. The van der Waals surface area contributed by atoms with Crippen molar-refractivity contribution in [3.8, 4) is 0 Å². The minimum atomic E-state index is -2.97. The summed E-state index contributed by atoms with van der Waals surface area (Å²) < 4.78 is 28.2. The summed E-state index contributed by atoms with van der Waals surface area (Å²) in [5, 5.41) is 3.31. The van der Waals surface area contributed by atoms with E-state index < -0.39 is 19.3 Å². The number of nitrogens with zero attached hydrogens (tertiary/aromatic N) is 4. The van der Waals surface area contributed by atoms with Crippen molar-refractivity contribution in [3.63, 3.8) is 0 Å². The van der Waals surface area contributed by atoms with Gasteiger partial charge in [-0.3, -0.25) is 5.09 Å². The molecule has 3 rings (SSSR count). The second-order valence-electron chi connectivity index (χ2n) is 5.02. The average Bonchev–Trinajstić information content (AvgIpc) is 2.40. The monoisotopic (exact) mass is 455 g/mol. The largest absolute Gasteiger partial charge is 0.257 e. The van der Waals surface area contributed by atoms with E-state index in [9.17, 15) is 4.39 Å². The van der Waals surface area contributed by atoms with E-state index in [1.54, 1.807) is 12.1 Å². The maximum Gasteiger partial charge on any atom is 0.257 e. The molecule has 128 valence electrons. The maximum absolute atomic E-state index is 13.1. The maximum atomic E-state index is 13.1. The molecule has 0 amide bonds. The van der Waals surface area contributed by atoms with Gasteiger partial charge in [0.1, 0.15) is 5.82 Å². The zero-order valence-electron chi connectivity index (χ0n) is 11.7. The van der Waals surface area contributed by atoms with Crippen LogP contribution in [0.15, 0.2) is 37.8 Å². The van der Waals surface area contributed by atoms with Gasteiger partial charge in [-0.25, -0.2) is 9.06 Å². The molecule has 13 heteroatoms. The van der Waals surface area contributed by atoms with Gasteiger partial charge in [-0.15, -0.1) is 0 Å². The Bertz CT molecular complexity index is 764. The van der Waals surface area contributed by atoms with Crippen molar-refractivity contribution < 1.29 is 4.39 Å². The van der Waals surface area contributed by atoms with Crippen LogP contribution in [0.1, 0.15) is 12.0 Å². The second-order valence-corrected chi connectivity index (χ2v) is 17.7. The molecule has 2 aliphatic heterocycles. The van der Waals surface area contributed by atoms with E-state index >= 15 is 0 Å². The van der Waals surface area contributed by atoms with Gasteiger partial charge in [-0.1, -0.05) is 12.1 Å². The van der Waals surface area contributed by atoms with Crippen LogP contribution in [0, 0.1) is 5.82 Å². The lowest BCUT2D eigenvalue weighted by Gasteiger charge is -2.39. The summed E-state index contributed by atoms with van der Waals surface area (Å²) in [6, 6.07) is 6.29. The van der Waals surface area contributed by atoms with Crippen molar-refractivity contribution in [2.24, 2.45) is 13.5 Å². The zero-order valence-corrected chi connectivity index (χ0v) is 17.4. The third kappa shape index (κ3) is 4.56. The predicted molar refractivity (Wildman–Crippen MR) is 101 cm³/mol. The zero-order chi connectivity index (χ0) is 16.7. The minimum absolute atomic E-state index is 0.279. The number of halogens is 5. The summed E-state index contributed by atoms with van der Waals surface area (Å²) in [6.07, 6.45) is 0.914. The Kier molecular flexibility index (Phi) is 5.62. The topological polar surface area (TPSA) is 52.3 Å². The van der Waals surface area contributed by atoms with Crippen molar-refractivity contribution in [3.05, 3.63) is 35.6 Å². The van der Waals surface area contributed by atoms with Crippen LogP contribution < -0.4 is 5.09 Å². The molecule has 0 radical (unpaired) electrons. The van der Waals surface area contributed by atoms with Crippen molar-refractivity contribution >= 4 is 64.3 Å². The third-order valence-electron chi connectivity index (χ3n) is 3.27. The van der Waals surface area contributed by atoms with Gasteiger partial charge in [0.25, 0.3) is 11.8 Å². The fraction of sp³-hybridized carbons (Fsp3) is 0.400. The Balaban J connectivity index is 2.02. The number of benzene rings is 1. The van der Waals surface area contributed by atoms with E-state index in [1.165, 1.54) is 12.1 Å². The van der Waals surface area contributed by atoms with Crippen LogP contribution in [0.3, 0.4) is 0 Å². The van der Waals surface area contributed by atoms with Crippen molar-refractivity contribution in [1.82, 2.24) is 9.76 Å². The summed E-state index contributed by atoms with van der Waals surface area (Å²) in [6.45, 7) is 1.99. The van der Waals surface area contributed by atoms with Gasteiger partial charge < -0.3 is 0 Å². The molecule has 1 spiro atoms. The molecule has 1 aromatic rings. The predicted octanol–water partition coefficient (Wildman–Crippen LogP) is 7.43. The second kappa shape index (κ2) is 6.91. The first-order chi connectivity index (χ1) is 10.7. The molecule has 1 fully saturated rings. The number of nitrogens with one attached hydrogen (secondary N) is 1. The number of rotatable bonds is 2. The summed E-state index contributed by atoms with van der Waals surface area (Å²) in [5.74, 6) is -6.22. The molecule has 2 heterocycles. The van der Waals surface area contributed by atoms with E-state index in [-0.39, 0.29) is 5.82 Å². The van der Waals surface area contributed by atoms with Crippen LogP contribution in [-0.4, -0.2) is 17.8 Å². The molecule has 1 aromatic carbocycles. The summed E-state index contributed by atoms with van der Waals surface area (Å²) in [5.41, 5.74) is 0.934. The summed E-state index contributed by atoms with van der Waals surface area (Å²) in [4.78, 5) is 0. The molecule has 0 aliphatic carbocycles. The molecule has 0 bridgehead atoms. The Morgan fingerprint density at radius 3 is 2.35 bits per heavy atom. The van der Waals surface area contributed by atoms with Crippen molar-refractivity contribution in [2.45, 2.75) is 13.0 Å². The van der Waals surface area contributed by atoms with E-state index in [0.717, 1.165) is 25.1 Å². The van der Waals surface area contributed by atoms with Gasteiger partial charge >= 0.3 is 0 Å². The molecule has 1 atom stereocenters.